The predicted molar refractivity (Wildman–Crippen MR) is 61.8 cm³/mol. The van der Waals surface area contributed by atoms with Crippen LogP contribution >= 0.6 is 31.9 Å². The summed E-state index contributed by atoms with van der Waals surface area (Å²) in [7, 11) is 0. The fourth-order valence-corrected chi connectivity index (χ4v) is 2.19. The number of pyridine rings is 1. The van der Waals surface area contributed by atoms with Gasteiger partial charge in [0.25, 0.3) is 0 Å². The molecule has 0 aliphatic heterocycles. The number of furan rings is 1. The number of nitrogens with two attached hydrogens (primary N) is 1. The van der Waals surface area contributed by atoms with Crippen LogP contribution in [0.4, 0.5) is 5.69 Å². The molecule has 0 radical (unpaired) electrons. The number of aromatic nitrogens is 1. The lowest BCUT2D eigenvalue weighted by atomic mass is 10.2. The van der Waals surface area contributed by atoms with Crippen molar-refractivity contribution in [1.29, 1.82) is 0 Å². The van der Waals surface area contributed by atoms with Crippen molar-refractivity contribution in [3.05, 3.63) is 33.7 Å². The second kappa shape index (κ2) is 3.74. The Labute approximate surface area is 97.6 Å². The molecule has 0 fully saturated rings. The van der Waals surface area contributed by atoms with Gasteiger partial charge in [-0.05, 0) is 37.9 Å². The SMILES string of the molecule is Nc1c(Br)cnc(-c2ccoc2)c1Br. The molecule has 14 heavy (non-hydrogen) atoms. The summed E-state index contributed by atoms with van der Waals surface area (Å²) in [5, 5.41) is 0. The molecular weight excluding hydrogens is 312 g/mol. The Hall–Kier alpha value is -0.810. The van der Waals surface area contributed by atoms with E-state index in [1.54, 1.807) is 18.7 Å². The molecule has 3 nitrogen and oxygen atoms in total. The van der Waals surface area contributed by atoms with E-state index in [-0.39, 0.29) is 0 Å². The Kier molecular flexibility index (Phi) is 2.60. The predicted octanol–water partition coefficient (Wildman–Crippen LogP) is 3.45. The van der Waals surface area contributed by atoms with Gasteiger partial charge in [-0.3, -0.25) is 4.98 Å². The van der Waals surface area contributed by atoms with Crippen LogP contribution in [-0.4, -0.2) is 4.98 Å². The molecule has 0 aliphatic carbocycles. The summed E-state index contributed by atoms with van der Waals surface area (Å²) in [4.78, 5) is 4.25. The highest BCUT2D eigenvalue weighted by Crippen LogP contribution is 2.34. The third-order valence-electron chi connectivity index (χ3n) is 1.80. The number of anilines is 1. The quantitative estimate of drug-likeness (QED) is 0.876. The number of nitrogen functional groups attached to an aromatic ring is 1. The van der Waals surface area contributed by atoms with Gasteiger partial charge in [0, 0.05) is 11.8 Å². The van der Waals surface area contributed by atoms with Gasteiger partial charge in [-0.1, -0.05) is 0 Å². The maximum absolute atomic E-state index is 5.82. The van der Waals surface area contributed by atoms with Crippen molar-refractivity contribution in [3.8, 4) is 11.3 Å². The average Bonchev–Trinajstić information content (AvgIpc) is 2.67. The number of rotatable bonds is 1. The van der Waals surface area contributed by atoms with E-state index in [2.05, 4.69) is 36.8 Å². The van der Waals surface area contributed by atoms with Crippen molar-refractivity contribution < 1.29 is 4.42 Å². The molecular formula is C9H6Br2N2O. The molecule has 2 aromatic heterocycles. The van der Waals surface area contributed by atoms with Crippen molar-refractivity contribution >= 4 is 37.5 Å². The Morgan fingerprint density at radius 2 is 2.14 bits per heavy atom. The maximum atomic E-state index is 5.82. The number of halogens is 2. The monoisotopic (exact) mass is 316 g/mol. The largest absolute Gasteiger partial charge is 0.472 e. The highest BCUT2D eigenvalue weighted by Gasteiger charge is 2.10. The fraction of sp³-hybridized carbons (Fsp3) is 0. The Bertz CT molecular complexity index is 454. The van der Waals surface area contributed by atoms with Gasteiger partial charge in [-0.2, -0.15) is 0 Å². The van der Waals surface area contributed by atoms with Gasteiger partial charge >= 0.3 is 0 Å². The highest BCUT2D eigenvalue weighted by atomic mass is 79.9. The molecule has 0 saturated heterocycles. The fourth-order valence-electron chi connectivity index (χ4n) is 1.08. The molecule has 0 spiro atoms. The zero-order valence-corrected chi connectivity index (χ0v) is 10.2. The standard InChI is InChI=1S/C9H6Br2N2O/c10-6-3-13-9(7(11)8(6)12)5-1-2-14-4-5/h1-4H,(H2,12,13). The van der Waals surface area contributed by atoms with Gasteiger partial charge in [-0.25, -0.2) is 0 Å². The van der Waals surface area contributed by atoms with Crippen molar-refractivity contribution in [2.24, 2.45) is 0 Å². The van der Waals surface area contributed by atoms with Crippen molar-refractivity contribution in [1.82, 2.24) is 4.98 Å². The molecule has 2 aromatic rings. The topological polar surface area (TPSA) is 52.0 Å². The minimum absolute atomic E-state index is 0.635. The van der Waals surface area contributed by atoms with Crippen LogP contribution < -0.4 is 5.73 Å². The summed E-state index contributed by atoms with van der Waals surface area (Å²) >= 11 is 6.70. The first-order chi connectivity index (χ1) is 6.70. The lowest BCUT2D eigenvalue weighted by molar-refractivity contribution is 0.568. The zero-order valence-electron chi connectivity index (χ0n) is 7.00. The van der Waals surface area contributed by atoms with Crippen LogP contribution in [-0.2, 0) is 0 Å². The van der Waals surface area contributed by atoms with Gasteiger partial charge < -0.3 is 10.2 Å². The lowest BCUT2D eigenvalue weighted by Gasteiger charge is -2.05. The molecule has 72 valence electrons. The van der Waals surface area contributed by atoms with Crippen LogP contribution in [0.5, 0.6) is 0 Å². The van der Waals surface area contributed by atoms with E-state index in [1.165, 1.54) is 0 Å². The van der Waals surface area contributed by atoms with E-state index in [4.69, 9.17) is 10.2 Å². The molecule has 0 bridgehead atoms. The van der Waals surface area contributed by atoms with Crippen LogP contribution in [0.1, 0.15) is 0 Å². The normalized spacial score (nSPS) is 10.4. The van der Waals surface area contributed by atoms with E-state index in [9.17, 15) is 0 Å². The molecule has 0 aliphatic rings. The summed E-state index contributed by atoms with van der Waals surface area (Å²) < 4.78 is 6.53. The molecule has 0 saturated carbocycles. The molecule has 0 aromatic carbocycles. The third-order valence-corrected chi connectivity index (χ3v) is 3.24. The Morgan fingerprint density at radius 1 is 1.36 bits per heavy atom. The minimum Gasteiger partial charge on any atom is -0.472 e. The van der Waals surface area contributed by atoms with E-state index in [0.29, 0.717) is 5.69 Å². The van der Waals surface area contributed by atoms with Gasteiger partial charge in [0.2, 0.25) is 0 Å². The van der Waals surface area contributed by atoms with Crippen molar-refractivity contribution in [3.63, 3.8) is 0 Å². The Balaban J connectivity index is 2.61. The van der Waals surface area contributed by atoms with Crippen molar-refractivity contribution in [2.75, 3.05) is 5.73 Å². The minimum atomic E-state index is 0.635. The second-order valence-corrected chi connectivity index (χ2v) is 4.34. The summed E-state index contributed by atoms with van der Waals surface area (Å²) in [6, 6.07) is 1.83. The second-order valence-electron chi connectivity index (χ2n) is 2.69. The summed E-state index contributed by atoms with van der Waals surface area (Å²) in [5.41, 5.74) is 8.14. The van der Waals surface area contributed by atoms with Gasteiger partial charge in [-0.15, -0.1) is 0 Å². The zero-order chi connectivity index (χ0) is 10.1. The smallest absolute Gasteiger partial charge is 0.0997 e. The first-order valence-electron chi connectivity index (χ1n) is 3.82. The molecule has 0 unspecified atom stereocenters. The summed E-state index contributed by atoms with van der Waals surface area (Å²) in [5.74, 6) is 0. The van der Waals surface area contributed by atoms with Crippen LogP contribution in [0.25, 0.3) is 11.3 Å². The van der Waals surface area contributed by atoms with E-state index in [1.807, 2.05) is 6.07 Å². The van der Waals surface area contributed by atoms with Crippen molar-refractivity contribution in [2.45, 2.75) is 0 Å². The van der Waals surface area contributed by atoms with Gasteiger partial charge in [0.15, 0.2) is 0 Å². The van der Waals surface area contributed by atoms with Gasteiger partial charge in [0.1, 0.15) is 0 Å². The number of hydrogen-bond donors (Lipinski definition) is 1. The van der Waals surface area contributed by atoms with E-state index in [0.717, 1.165) is 20.2 Å². The van der Waals surface area contributed by atoms with Gasteiger partial charge in [0.05, 0.1) is 32.9 Å². The summed E-state index contributed by atoms with van der Waals surface area (Å²) in [6.45, 7) is 0. The van der Waals surface area contributed by atoms with Crippen LogP contribution in [0.3, 0.4) is 0 Å². The van der Waals surface area contributed by atoms with E-state index >= 15 is 0 Å². The molecule has 0 atom stereocenters. The van der Waals surface area contributed by atoms with Crippen LogP contribution in [0.15, 0.2) is 38.2 Å². The highest BCUT2D eigenvalue weighted by molar-refractivity contribution is 9.11. The number of nitrogens with zero attached hydrogens (tertiary/aromatic N) is 1. The van der Waals surface area contributed by atoms with Crippen LogP contribution in [0.2, 0.25) is 0 Å². The first kappa shape index (κ1) is 9.73. The third kappa shape index (κ3) is 1.57. The maximum Gasteiger partial charge on any atom is 0.0997 e. The number of hydrogen-bond acceptors (Lipinski definition) is 3. The molecule has 5 heteroatoms. The summed E-state index contributed by atoms with van der Waals surface area (Å²) in [6.07, 6.45) is 4.89. The first-order valence-corrected chi connectivity index (χ1v) is 5.41. The Morgan fingerprint density at radius 3 is 2.79 bits per heavy atom. The van der Waals surface area contributed by atoms with E-state index < -0.39 is 0 Å². The molecule has 2 heterocycles. The van der Waals surface area contributed by atoms with Crippen LogP contribution in [0, 0.1) is 0 Å². The molecule has 0 amide bonds. The lowest BCUT2D eigenvalue weighted by Crippen LogP contribution is -1.93. The average molecular weight is 318 g/mol. The molecule has 2 N–H and O–H groups in total. The molecule has 2 rings (SSSR count).